The first kappa shape index (κ1) is 17.6. The van der Waals surface area contributed by atoms with E-state index in [0.717, 1.165) is 19.3 Å². The van der Waals surface area contributed by atoms with Crippen LogP contribution in [-0.2, 0) is 11.2 Å². The van der Waals surface area contributed by atoms with Crippen molar-refractivity contribution < 1.29 is 14.4 Å². The van der Waals surface area contributed by atoms with Crippen molar-refractivity contribution in [1.82, 2.24) is 10.1 Å². The lowest BCUT2D eigenvalue weighted by atomic mass is 9.86. The number of aromatic nitrogens is 1. The number of carbonyl (C=O) groups excluding carboxylic acids is 1. The summed E-state index contributed by atoms with van der Waals surface area (Å²) < 4.78 is 4.99. The minimum atomic E-state index is -0.116. The van der Waals surface area contributed by atoms with Gasteiger partial charge in [-0.1, -0.05) is 29.4 Å². The van der Waals surface area contributed by atoms with E-state index in [9.17, 15) is 9.90 Å². The number of hydrogen-bond donors (Lipinski definition) is 2. The summed E-state index contributed by atoms with van der Waals surface area (Å²) in [6.45, 7) is 2.86. The average Bonchev–Trinajstić information content (AvgIpc) is 3.02. The summed E-state index contributed by atoms with van der Waals surface area (Å²) in [5, 5.41) is 15.8. The standard InChI is InChI=1S/C19H25N3O3/c1-14-12-18(21-25-14)20-19(24)13-22(10-5-11-23)17-9-4-7-15-6-2-3-8-16(15)17/h2-3,6,8,12,17,23H,4-5,7,9-11,13H2,1H3,(H,20,21,24). The third kappa shape index (κ3) is 4.46. The normalized spacial score (nSPS) is 16.7. The van der Waals surface area contributed by atoms with Gasteiger partial charge in [0.25, 0.3) is 0 Å². The van der Waals surface area contributed by atoms with E-state index in [4.69, 9.17) is 4.52 Å². The maximum Gasteiger partial charge on any atom is 0.239 e. The zero-order valence-corrected chi connectivity index (χ0v) is 14.6. The molecule has 0 spiro atoms. The zero-order chi connectivity index (χ0) is 17.6. The van der Waals surface area contributed by atoms with Crippen molar-refractivity contribution in [2.75, 3.05) is 25.0 Å². The third-order valence-electron chi connectivity index (χ3n) is 4.62. The van der Waals surface area contributed by atoms with E-state index in [1.807, 2.05) is 0 Å². The first-order chi connectivity index (χ1) is 12.2. The molecule has 2 aromatic rings. The van der Waals surface area contributed by atoms with Gasteiger partial charge < -0.3 is 14.9 Å². The van der Waals surface area contributed by atoms with Gasteiger partial charge in [0.1, 0.15) is 5.76 Å². The number of aryl methyl sites for hydroxylation is 2. The number of rotatable bonds is 7. The highest BCUT2D eigenvalue weighted by Crippen LogP contribution is 2.34. The topological polar surface area (TPSA) is 78.6 Å². The summed E-state index contributed by atoms with van der Waals surface area (Å²) in [6, 6.07) is 10.4. The Labute approximate surface area is 147 Å². The Morgan fingerprint density at radius 1 is 1.44 bits per heavy atom. The van der Waals surface area contributed by atoms with Crippen LogP contribution in [0.1, 0.15) is 42.2 Å². The molecule has 1 aromatic carbocycles. The van der Waals surface area contributed by atoms with E-state index in [-0.39, 0.29) is 25.1 Å². The molecule has 1 amide bonds. The lowest BCUT2D eigenvalue weighted by Crippen LogP contribution is -2.38. The molecule has 25 heavy (non-hydrogen) atoms. The van der Waals surface area contributed by atoms with E-state index in [1.54, 1.807) is 13.0 Å². The van der Waals surface area contributed by atoms with Gasteiger partial charge in [-0.05, 0) is 43.7 Å². The number of fused-ring (bicyclic) bond motifs is 1. The number of aliphatic hydroxyl groups excluding tert-OH is 1. The number of nitrogens with one attached hydrogen (secondary N) is 1. The van der Waals surface area contributed by atoms with Gasteiger partial charge in [0.05, 0.1) is 6.54 Å². The fourth-order valence-corrected chi connectivity index (χ4v) is 3.52. The van der Waals surface area contributed by atoms with Crippen LogP contribution in [-0.4, -0.2) is 40.8 Å². The molecule has 3 rings (SSSR count). The lowest BCUT2D eigenvalue weighted by Gasteiger charge is -2.35. The molecule has 0 saturated heterocycles. The van der Waals surface area contributed by atoms with Crippen LogP contribution < -0.4 is 5.32 Å². The molecular weight excluding hydrogens is 318 g/mol. The molecule has 0 radical (unpaired) electrons. The van der Waals surface area contributed by atoms with Crippen molar-refractivity contribution in [3.8, 4) is 0 Å². The van der Waals surface area contributed by atoms with Crippen molar-refractivity contribution in [2.24, 2.45) is 0 Å². The van der Waals surface area contributed by atoms with Crippen LogP contribution in [0, 0.1) is 6.92 Å². The monoisotopic (exact) mass is 343 g/mol. The van der Waals surface area contributed by atoms with Crippen molar-refractivity contribution in [3.63, 3.8) is 0 Å². The molecule has 1 atom stereocenters. The highest BCUT2D eigenvalue weighted by atomic mass is 16.5. The number of amides is 1. The predicted molar refractivity (Wildman–Crippen MR) is 95.3 cm³/mol. The van der Waals surface area contributed by atoms with Crippen molar-refractivity contribution in [1.29, 1.82) is 0 Å². The Balaban J connectivity index is 1.72. The summed E-state index contributed by atoms with van der Waals surface area (Å²) in [7, 11) is 0. The van der Waals surface area contributed by atoms with Gasteiger partial charge in [0.15, 0.2) is 5.82 Å². The highest BCUT2D eigenvalue weighted by Gasteiger charge is 2.27. The fraction of sp³-hybridized carbons (Fsp3) is 0.474. The summed E-state index contributed by atoms with van der Waals surface area (Å²) in [5.74, 6) is 0.983. The van der Waals surface area contributed by atoms with Gasteiger partial charge in [-0.15, -0.1) is 0 Å². The molecule has 1 unspecified atom stereocenters. The second kappa shape index (κ2) is 8.27. The number of anilines is 1. The molecule has 0 aliphatic heterocycles. The third-order valence-corrected chi connectivity index (χ3v) is 4.62. The molecule has 0 bridgehead atoms. The molecule has 1 aliphatic rings. The second-order valence-corrected chi connectivity index (χ2v) is 6.53. The van der Waals surface area contributed by atoms with Gasteiger partial charge in [0.2, 0.25) is 5.91 Å². The van der Waals surface area contributed by atoms with Crippen LogP contribution in [0.3, 0.4) is 0 Å². The van der Waals surface area contributed by atoms with Crippen LogP contribution in [0.5, 0.6) is 0 Å². The smallest absolute Gasteiger partial charge is 0.239 e. The van der Waals surface area contributed by atoms with Crippen LogP contribution in [0.4, 0.5) is 5.82 Å². The summed E-state index contributed by atoms with van der Waals surface area (Å²) in [6.07, 6.45) is 3.88. The molecule has 0 fully saturated rings. The molecule has 134 valence electrons. The minimum absolute atomic E-state index is 0.116. The quantitative estimate of drug-likeness (QED) is 0.808. The maximum absolute atomic E-state index is 12.5. The highest BCUT2D eigenvalue weighted by molar-refractivity contribution is 5.91. The van der Waals surface area contributed by atoms with Crippen molar-refractivity contribution >= 4 is 11.7 Å². The van der Waals surface area contributed by atoms with E-state index in [0.29, 0.717) is 24.5 Å². The SMILES string of the molecule is Cc1cc(NC(=O)CN(CCCO)C2CCCc3ccccc32)no1. The molecule has 6 nitrogen and oxygen atoms in total. The number of carbonyl (C=O) groups is 1. The molecule has 1 aromatic heterocycles. The van der Waals surface area contributed by atoms with Crippen LogP contribution in [0.2, 0.25) is 0 Å². The fourth-order valence-electron chi connectivity index (χ4n) is 3.52. The van der Waals surface area contributed by atoms with Crippen molar-refractivity contribution in [2.45, 2.75) is 38.6 Å². The Hall–Kier alpha value is -2.18. The van der Waals surface area contributed by atoms with Gasteiger partial charge in [-0.2, -0.15) is 0 Å². The molecule has 1 aliphatic carbocycles. The molecular formula is C19H25N3O3. The number of hydrogen-bond acceptors (Lipinski definition) is 5. The summed E-state index contributed by atoms with van der Waals surface area (Å²) in [4.78, 5) is 14.6. The Morgan fingerprint density at radius 2 is 2.28 bits per heavy atom. The van der Waals surface area contributed by atoms with Crippen LogP contribution in [0.25, 0.3) is 0 Å². The van der Waals surface area contributed by atoms with Crippen molar-refractivity contribution in [3.05, 3.63) is 47.2 Å². The summed E-state index contributed by atoms with van der Waals surface area (Å²) in [5.41, 5.74) is 2.66. The van der Waals surface area contributed by atoms with Gasteiger partial charge in [-0.3, -0.25) is 9.69 Å². The van der Waals surface area contributed by atoms with Gasteiger partial charge in [0, 0.05) is 25.3 Å². The number of aliphatic hydroxyl groups is 1. The largest absolute Gasteiger partial charge is 0.396 e. The maximum atomic E-state index is 12.5. The summed E-state index contributed by atoms with van der Waals surface area (Å²) >= 11 is 0. The molecule has 1 heterocycles. The minimum Gasteiger partial charge on any atom is -0.396 e. The number of benzene rings is 1. The second-order valence-electron chi connectivity index (χ2n) is 6.53. The predicted octanol–water partition coefficient (Wildman–Crippen LogP) is 2.68. The van der Waals surface area contributed by atoms with Gasteiger partial charge >= 0.3 is 0 Å². The zero-order valence-electron chi connectivity index (χ0n) is 14.6. The van der Waals surface area contributed by atoms with E-state index in [2.05, 4.69) is 39.6 Å². The number of nitrogens with zero attached hydrogens (tertiary/aromatic N) is 2. The molecule has 6 heteroatoms. The first-order valence-electron chi connectivity index (χ1n) is 8.83. The Kier molecular flexibility index (Phi) is 5.83. The van der Waals surface area contributed by atoms with Crippen LogP contribution >= 0.6 is 0 Å². The van der Waals surface area contributed by atoms with Crippen LogP contribution in [0.15, 0.2) is 34.9 Å². The molecule has 0 saturated carbocycles. The Bertz CT molecular complexity index is 713. The van der Waals surface area contributed by atoms with E-state index >= 15 is 0 Å². The van der Waals surface area contributed by atoms with Gasteiger partial charge in [-0.25, -0.2) is 0 Å². The Morgan fingerprint density at radius 3 is 3.04 bits per heavy atom. The average molecular weight is 343 g/mol. The first-order valence-corrected chi connectivity index (χ1v) is 8.83. The molecule has 2 N–H and O–H groups in total. The van der Waals surface area contributed by atoms with E-state index in [1.165, 1.54) is 11.1 Å². The van der Waals surface area contributed by atoms with E-state index < -0.39 is 0 Å². The lowest BCUT2D eigenvalue weighted by molar-refractivity contribution is -0.118.